The van der Waals surface area contributed by atoms with Crippen LogP contribution in [-0.2, 0) is 4.74 Å². The second-order valence-electron chi connectivity index (χ2n) is 11.0. The predicted octanol–water partition coefficient (Wildman–Crippen LogP) is 4.87. The van der Waals surface area contributed by atoms with Gasteiger partial charge in [0.1, 0.15) is 5.60 Å². The van der Waals surface area contributed by atoms with Gasteiger partial charge in [-0.1, -0.05) is 12.1 Å². The van der Waals surface area contributed by atoms with E-state index in [4.69, 9.17) is 14.7 Å². The van der Waals surface area contributed by atoms with Gasteiger partial charge >= 0.3 is 6.09 Å². The molecule has 0 saturated carbocycles. The highest BCUT2D eigenvalue weighted by molar-refractivity contribution is 5.80. The zero-order chi connectivity index (χ0) is 24.6. The SMILES string of the molecule is CN1CCC(c2cccc3ncc(-c4cnn(C5CCN(C(=O)OC(C)(C)C)CC5)c4)nc23)CC1. The second-order valence-corrected chi connectivity index (χ2v) is 11.0. The Bertz CT molecular complexity index is 1180. The standard InChI is InChI=1S/C27H36N6O2/c1-27(2,3)35-26(34)32-14-10-21(11-15-32)33-18-20(16-29-33)24-17-28-23-7-5-6-22(25(23)30-24)19-8-12-31(4)13-9-19/h5-7,16-19,21H,8-15H2,1-4H3. The summed E-state index contributed by atoms with van der Waals surface area (Å²) in [5.74, 6) is 0.525. The number of carbonyl (C=O) groups excluding carboxylic acids is 1. The third-order valence-corrected chi connectivity index (χ3v) is 7.15. The van der Waals surface area contributed by atoms with Gasteiger partial charge in [-0.3, -0.25) is 9.67 Å². The number of para-hydroxylation sites is 1. The number of benzene rings is 1. The summed E-state index contributed by atoms with van der Waals surface area (Å²) >= 11 is 0. The maximum atomic E-state index is 12.4. The van der Waals surface area contributed by atoms with E-state index in [1.165, 1.54) is 5.56 Å². The molecule has 35 heavy (non-hydrogen) atoms. The van der Waals surface area contributed by atoms with E-state index in [9.17, 15) is 4.79 Å². The van der Waals surface area contributed by atoms with Gasteiger partial charge in [0.15, 0.2) is 0 Å². The van der Waals surface area contributed by atoms with Gasteiger partial charge in [0.25, 0.3) is 0 Å². The Balaban J connectivity index is 1.31. The topological polar surface area (TPSA) is 76.4 Å². The summed E-state index contributed by atoms with van der Waals surface area (Å²) < 4.78 is 7.55. The third-order valence-electron chi connectivity index (χ3n) is 7.15. The Hall–Kier alpha value is -3.00. The molecule has 0 spiro atoms. The molecule has 2 aromatic heterocycles. The first-order valence-electron chi connectivity index (χ1n) is 12.7. The Kier molecular flexibility index (Phi) is 6.49. The highest BCUT2D eigenvalue weighted by Gasteiger charge is 2.28. The van der Waals surface area contributed by atoms with E-state index in [1.54, 1.807) is 4.90 Å². The van der Waals surface area contributed by atoms with Gasteiger partial charge in [0.2, 0.25) is 0 Å². The van der Waals surface area contributed by atoms with Crippen molar-refractivity contribution in [3.63, 3.8) is 0 Å². The lowest BCUT2D eigenvalue weighted by Crippen LogP contribution is -2.42. The van der Waals surface area contributed by atoms with E-state index >= 15 is 0 Å². The summed E-state index contributed by atoms with van der Waals surface area (Å²) in [6.45, 7) is 9.27. The minimum atomic E-state index is -0.473. The summed E-state index contributed by atoms with van der Waals surface area (Å²) in [5, 5.41) is 4.65. The van der Waals surface area contributed by atoms with Crippen LogP contribution in [0.4, 0.5) is 4.79 Å². The average Bonchev–Trinajstić information content (AvgIpc) is 3.33. The number of fused-ring (bicyclic) bond motifs is 1. The molecular formula is C27H36N6O2. The van der Waals surface area contributed by atoms with Crippen LogP contribution >= 0.6 is 0 Å². The van der Waals surface area contributed by atoms with Crippen molar-refractivity contribution in [2.75, 3.05) is 33.2 Å². The smallest absolute Gasteiger partial charge is 0.410 e. The molecule has 8 heteroatoms. The number of likely N-dealkylation sites (tertiary alicyclic amines) is 2. The number of carbonyl (C=O) groups is 1. The zero-order valence-corrected chi connectivity index (χ0v) is 21.3. The minimum Gasteiger partial charge on any atom is -0.444 e. The molecule has 4 heterocycles. The Morgan fingerprint density at radius 1 is 1.03 bits per heavy atom. The monoisotopic (exact) mass is 476 g/mol. The van der Waals surface area contributed by atoms with E-state index in [0.29, 0.717) is 19.0 Å². The number of amides is 1. The molecule has 0 N–H and O–H groups in total. The molecule has 0 radical (unpaired) electrons. The maximum Gasteiger partial charge on any atom is 0.410 e. The summed E-state index contributed by atoms with van der Waals surface area (Å²) in [6.07, 6.45) is 9.59. The van der Waals surface area contributed by atoms with Crippen LogP contribution in [0.25, 0.3) is 22.3 Å². The van der Waals surface area contributed by atoms with E-state index in [1.807, 2.05) is 43.9 Å². The molecule has 5 rings (SSSR count). The van der Waals surface area contributed by atoms with Crippen molar-refractivity contribution >= 4 is 17.1 Å². The number of rotatable bonds is 3. The van der Waals surface area contributed by atoms with Crippen LogP contribution in [0.15, 0.2) is 36.8 Å². The van der Waals surface area contributed by atoms with Crippen LogP contribution in [-0.4, -0.2) is 74.5 Å². The number of nitrogens with zero attached hydrogens (tertiary/aromatic N) is 6. The first kappa shape index (κ1) is 23.7. The lowest BCUT2D eigenvalue weighted by Gasteiger charge is -2.33. The number of aromatic nitrogens is 4. The molecule has 2 aliphatic heterocycles. The summed E-state index contributed by atoms with van der Waals surface area (Å²) in [4.78, 5) is 26.4. The molecule has 2 saturated heterocycles. The fraction of sp³-hybridized carbons (Fsp3) is 0.556. The van der Waals surface area contributed by atoms with Crippen LogP contribution in [0.5, 0.6) is 0 Å². The van der Waals surface area contributed by atoms with E-state index < -0.39 is 5.60 Å². The van der Waals surface area contributed by atoms with Crippen molar-refractivity contribution in [1.82, 2.24) is 29.5 Å². The minimum absolute atomic E-state index is 0.232. The van der Waals surface area contributed by atoms with Gasteiger partial charge < -0.3 is 14.5 Å². The lowest BCUT2D eigenvalue weighted by atomic mass is 9.88. The quantitative estimate of drug-likeness (QED) is 0.537. The summed E-state index contributed by atoms with van der Waals surface area (Å²) in [6, 6.07) is 6.63. The molecule has 2 aliphatic rings. The van der Waals surface area contributed by atoms with Gasteiger partial charge in [-0.05, 0) is 84.1 Å². The van der Waals surface area contributed by atoms with E-state index in [0.717, 1.165) is 61.1 Å². The lowest BCUT2D eigenvalue weighted by molar-refractivity contribution is 0.0185. The number of ether oxygens (including phenoxy) is 1. The largest absolute Gasteiger partial charge is 0.444 e. The van der Waals surface area contributed by atoms with Crippen LogP contribution in [0.2, 0.25) is 0 Å². The molecule has 0 aliphatic carbocycles. The maximum absolute atomic E-state index is 12.4. The second kappa shape index (κ2) is 9.57. The van der Waals surface area contributed by atoms with Crippen LogP contribution < -0.4 is 0 Å². The van der Waals surface area contributed by atoms with Gasteiger partial charge in [0, 0.05) is 24.8 Å². The number of hydrogen-bond acceptors (Lipinski definition) is 6. The van der Waals surface area contributed by atoms with Gasteiger partial charge in [0.05, 0.1) is 35.2 Å². The molecule has 1 amide bonds. The van der Waals surface area contributed by atoms with Crippen molar-refractivity contribution in [2.45, 2.75) is 64.0 Å². The molecule has 2 fully saturated rings. The first-order chi connectivity index (χ1) is 16.8. The first-order valence-corrected chi connectivity index (χ1v) is 12.7. The van der Waals surface area contributed by atoms with E-state index in [-0.39, 0.29) is 12.1 Å². The van der Waals surface area contributed by atoms with Crippen molar-refractivity contribution < 1.29 is 9.53 Å². The van der Waals surface area contributed by atoms with Gasteiger partial charge in [-0.25, -0.2) is 9.78 Å². The van der Waals surface area contributed by atoms with Crippen LogP contribution in [0.1, 0.15) is 64.0 Å². The highest BCUT2D eigenvalue weighted by atomic mass is 16.6. The normalized spacial score (nSPS) is 18.8. The fourth-order valence-electron chi connectivity index (χ4n) is 5.15. The highest BCUT2D eigenvalue weighted by Crippen LogP contribution is 2.33. The molecule has 0 bridgehead atoms. The molecule has 1 aromatic carbocycles. The molecular weight excluding hydrogens is 440 g/mol. The Labute approximate surface area is 207 Å². The van der Waals surface area contributed by atoms with Crippen LogP contribution in [0, 0.1) is 0 Å². The summed E-state index contributed by atoms with van der Waals surface area (Å²) in [7, 11) is 2.19. The van der Waals surface area contributed by atoms with Crippen molar-refractivity contribution in [3.05, 3.63) is 42.4 Å². The van der Waals surface area contributed by atoms with E-state index in [2.05, 4.69) is 35.4 Å². The van der Waals surface area contributed by atoms with Crippen molar-refractivity contribution in [3.8, 4) is 11.3 Å². The zero-order valence-electron chi connectivity index (χ0n) is 21.3. The molecule has 186 valence electrons. The Morgan fingerprint density at radius 3 is 2.49 bits per heavy atom. The third kappa shape index (κ3) is 5.32. The fourth-order valence-corrected chi connectivity index (χ4v) is 5.15. The average molecular weight is 477 g/mol. The van der Waals surface area contributed by atoms with Crippen LogP contribution in [0.3, 0.4) is 0 Å². The molecule has 3 aromatic rings. The Morgan fingerprint density at radius 2 is 1.77 bits per heavy atom. The molecule has 8 nitrogen and oxygen atoms in total. The summed E-state index contributed by atoms with van der Waals surface area (Å²) in [5.41, 5.74) is 4.64. The van der Waals surface area contributed by atoms with Crippen molar-refractivity contribution in [2.24, 2.45) is 0 Å². The number of piperidine rings is 2. The molecule has 0 atom stereocenters. The van der Waals surface area contributed by atoms with Gasteiger partial charge in [-0.2, -0.15) is 5.10 Å². The predicted molar refractivity (Wildman–Crippen MR) is 136 cm³/mol. The number of hydrogen-bond donors (Lipinski definition) is 0. The van der Waals surface area contributed by atoms with Gasteiger partial charge in [-0.15, -0.1) is 0 Å². The molecule has 0 unspecified atom stereocenters. The van der Waals surface area contributed by atoms with Crippen molar-refractivity contribution in [1.29, 1.82) is 0 Å².